The third kappa shape index (κ3) is 7.62. The Bertz CT molecular complexity index is 564. The van der Waals surface area contributed by atoms with Crippen LogP contribution in [-0.2, 0) is 19.1 Å². The van der Waals surface area contributed by atoms with Gasteiger partial charge in [-0.05, 0) is 39.3 Å². The molecule has 132 valence electrons. The molecule has 0 saturated heterocycles. The minimum absolute atomic E-state index is 0.0393. The summed E-state index contributed by atoms with van der Waals surface area (Å²) in [6.45, 7) is 5.12. The van der Waals surface area contributed by atoms with Gasteiger partial charge in [0.1, 0.15) is 17.4 Å². The lowest BCUT2D eigenvalue weighted by Crippen LogP contribution is -2.44. The van der Waals surface area contributed by atoms with Crippen LogP contribution in [0, 0.1) is 0 Å². The van der Waals surface area contributed by atoms with E-state index < -0.39 is 29.7 Å². The van der Waals surface area contributed by atoms with E-state index in [9.17, 15) is 14.4 Å². The van der Waals surface area contributed by atoms with E-state index in [0.717, 1.165) is 0 Å². The molecule has 1 rings (SSSR count). The number of rotatable bonds is 6. The Morgan fingerprint density at radius 2 is 1.75 bits per heavy atom. The number of carbonyl (C=O) groups is 3. The van der Waals surface area contributed by atoms with E-state index in [1.165, 1.54) is 7.11 Å². The molecule has 0 spiro atoms. The van der Waals surface area contributed by atoms with E-state index in [0.29, 0.717) is 5.75 Å². The lowest BCUT2D eigenvalue weighted by molar-refractivity contribution is -0.143. The van der Waals surface area contributed by atoms with Crippen molar-refractivity contribution in [2.24, 2.45) is 0 Å². The summed E-state index contributed by atoms with van der Waals surface area (Å²) in [5.41, 5.74) is -0.697. The summed E-state index contributed by atoms with van der Waals surface area (Å²) in [6, 6.07) is 7.58. The predicted molar refractivity (Wildman–Crippen MR) is 86.5 cm³/mol. The number of carbonyl (C=O) groups excluding carboxylic acids is 3. The maximum Gasteiger partial charge on any atom is 0.408 e. The van der Waals surface area contributed by atoms with Crippen molar-refractivity contribution in [3.05, 3.63) is 30.3 Å². The molecule has 1 unspecified atom stereocenters. The summed E-state index contributed by atoms with van der Waals surface area (Å²) in [4.78, 5) is 35.3. The van der Waals surface area contributed by atoms with E-state index in [1.54, 1.807) is 51.1 Å². The van der Waals surface area contributed by atoms with Gasteiger partial charge in [0.2, 0.25) is 0 Å². The molecule has 0 fully saturated rings. The van der Waals surface area contributed by atoms with Crippen molar-refractivity contribution in [2.75, 3.05) is 7.11 Å². The second kappa shape index (κ2) is 8.90. The van der Waals surface area contributed by atoms with E-state index in [4.69, 9.17) is 9.47 Å². The zero-order valence-electron chi connectivity index (χ0n) is 14.3. The molecule has 7 nitrogen and oxygen atoms in total. The summed E-state index contributed by atoms with van der Waals surface area (Å²) in [6.07, 6.45) is -0.781. The smallest absolute Gasteiger partial charge is 0.408 e. The SMILES string of the molecule is COC(=O)C(CCC(=O)Oc1ccccc1)NC(=O)OC(C)(C)C. The first kappa shape index (κ1) is 19.5. The lowest BCUT2D eigenvalue weighted by atomic mass is 10.1. The van der Waals surface area contributed by atoms with Crippen LogP contribution in [0.4, 0.5) is 4.79 Å². The highest BCUT2D eigenvalue weighted by atomic mass is 16.6. The van der Waals surface area contributed by atoms with Crippen LogP contribution in [0.5, 0.6) is 5.75 Å². The Morgan fingerprint density at radius 3 is 2.29 bits per heavy atom. The maximum absolute atomic E-state index is 11.8. The van der Waals surface area contributed by atoms with Crippen LogP contribution in [-0.4, -0.2) is 36.8 Å². The quantitative estimate of drug-likeness (QED) is 0.633. The van der Waals surface area contributed by atoms with E-state index in [2.05, 4.69) is 10.1 Å². The van der Waals surface area contributed by atoms with Gasteiger partial charge in [0.25, 0.3) is 0 Å². The molecule has 1 N–H and O–H groups in total. The molecule has 1 aromatic carbocycles. The highest BCUT2D eigenvalue weighted by molar-refractivity contribution is 5.82. The zero-order valence-corrected chi connectivity index (χ0v) is 14.3. The van der Waals surface area contributed by atoms with Gasteiger partial charge in [-0.1, -0.05) is 18.2 Å². The van der Waals surface area contributed by atoms with Gasteiger partial charge < -0.3 is 19.5 Å². The van der Waals surface area contributed by atoms with Crippen LogP contribution in [0.2, 0.25) is 0 Å². The third-order valence-electron chi connectivity index (χ3n) is 2.79. The van der Waals surface area contributed by atoms with Crippen molar-refractivity contribution < 1.29 is 28.6 Å². The number of benzene rings is 1. The van der Waals surface area contributed by atoms with Crippen LogP contribution in [0.1, 0.15) is 33.6 Å². The normalized spacial score (nSPS) is 12.0. The van der Waals surface area contributed by atoms with Gasteiger partial charge >= 0.3 is 18.0 Å². The molecule has 0 radical (unpaired) electrons. The Labute approximate surface area is 141 Å². The molecule has 1 amide bonds. The van der Waals surface area contributed by atoms with Crippen molar-refractivity contribution in [1.29, 1.82) is 0 Å². The highest BCUT2D eigenvalue weighted by Crippen LogP contribution is 2.11. The molecule has 1 aromatic rings. The summed E-state index contributed by atoms with van der Waals surface area (Å²) < 4.78 is 14.9. The molecule has 0 aliphatic carbocycles. The molecular weight excluding hydrogens is 314 g/mol. The Hall–Kier alpha value is -2.57. The fraction of sp³-hybridized carbons (Fsp3) is 0.471. The third-order valence-corrected chi connectivity index (χ3v) is 2.79. The fourth-order valence-corrected chi connectivity index (χ4v) is 1.77. The number of methoxy groups -OCH3 is 1. The number of ether oxygens (including phenoxy) is 3. The number of hydrogen-bond donors (Lipinski definition) is 1. The average Bonchev–Trinajstić information content (AvgIpc) is 2.49. The minimum Gasteiger partial charge on any atom is -0.467 e. The molecule has 0 aliphatic heterocycles. The van der Waals surface area contributed by atoms with Gasteiger partial charge in [-0.25, -0.2) is 9.59 Å². The summed E-state index contributed by atoms with van der Waals surface area (Å²) in [7, 11) is 1.20. The van der Waals surface area contributed by atoms with Crippen LogP contribution < -0.4 is 10.1 Å². The Balaban J connectivity index is 2.55. The predicted octanol–water partition coefficient (Wildman–Crippen LogP) is 2.44. The van der Waals surface area contributed by atoms with Crippen molar-refractivity contribution >= 4 is 18.0 Å². The molecule has 24 heavy (non-hydrogen) atoms. The van der Waals surface area contributed by atoms with Gasteiger partial charge in [0.05, 0.1) is 7.11 Å². The highest BCUT2D eigenvalue weighted by Gasteiger charge is 2.25. The topological polar surface area (TPSA) is 90.9 Å². The summed E-state index contributed by atoms with van der Waals surface area (Å²) >= 11 is 0. The molecule has 1 atom stereocenters. The minimum atomic E-state index is -0.992. The second-order valence-electron chi connectivity index (χ2n) is 6.05. The van der Waals surface area contributed by atoms with Crippen LogP contribution in [0.3, 0.4) is 0 Å². The van der Waals surface area contributed by atoms with Gasteiger partial charge in [-0.3, -0.25) is 4.79 Å². The lowest BCUT2D eigenvalue weighted by Gasteiger charge is -2.22. The first-order valence-electron chi connectivity index (χ1n) is 7.54. The van der Waals surface area contributed by atoms with E-state index >= 15 is 0 Å². The number of esters is 2. The van der Waals surface area contributed by atoms with Crippen LogP contribution in [0.25, 0.3) is 0 Å². The number of alkyl carbamates (subject to hydrolysis) is 1. The first-order chi connectivity index (χ1) is 11.2. The van der Waals surface area contributed by atoms with Gasteiger partial charge in [-0.15, -0.1) is 0 Å². The Morgan fingerprint density at radius 1 is 1.12 bits per heavy atom. The summed E-state index contributed by atoms with van der Waals surface area (Å²) in [5, 5.41) is 2.40. The standard InChI is InChI=1S/C17H23NO6/c1-17(2,3)24-16(21)18-13(15(20)22-4)10-11-14(19)23-12-8-6-5-7-9-12/h5-9,13H,10-11H2,1-4H3,(H,18,21). The van der Waals surface area contributed by atoms with E-state index in [-0.39, 0.29) is 12.8 Å². The molecule has 0 bridgehead atoms. The van der Waals surface area contributed by atoms with Crippen molar-refractivity contribution in [2.45, 2.75) is 45.3 Å². The van der Waals surface area contributed by atoms with E-state index in [1.807, 2.05) is 0 Å². The zero-order chi connectivity index (χ0) is 18.2. The van der Waals surface area contributed by atoms with Crippen molar-refractivity contribution in [1.82, 2.24) is 5.32 Å². The Kier molecular flexibility index (Phi) is 7.23. The van der Waals surface area contributed by atoms with Crippen molar-refractivity contribution in [3.63, 3.8) is 0 Å². The first-order valence-corrected chi connectivity index (χ1v) is 7.54. The molecule has 7 heteroatoms. The van der Waals surface area contributed by atoms with Crippen LogP contribution >= 0.6 is 0 Å². The molecular formula is C17H23NO6. The van der Waals surface area contributed by atoms with Gasteiger partial charge in [-0.2, -0.15) is 0 Å². The molecule has 0 heterocycles. The van der Waals surface area contributed by atoms with Gasteiger partial charge in [0.15, 0.2) is 0 Å². The molecule has 0 aromatic heterocycles. The van der Waals surface area contributed by atoms with Gasteiger partial charge in [0, 0.05) is 6.42 Å². The molecule has 0 aliphatic rings. The summed E-state index contributed by atoms with van der Waals surface area (Å²) in [5.74, 6) is -0.758. The number of amides is 1. The average molecular weight is 337 g/mol. The number of nitrogens with one attached hydrogen (secondary N) is 1. The fourth-order valence-electron chi connectivity index (χ4n) is 1.77. The molecule has 0 saturated carbocycles. The number of para-hydroxylation sites is 1. The maximum atomic E-state index is 11.8. The largest absolute Gasteiger partial charge is 0.467 e. The number of hydrogen-bond acceptors (Lipinski definition) is 6. The van der Waals surface area contributed by atoms with Crippen molar-refractivity contribution in [3.8, 4) is 5.75 Å². The second-order valence-corrected chi connectivity index (χ2v) is 6.05. The van der Waals surface area contributed by atoms with Crippen LogP contribution in [0.15, 0.2) is 30.3 Å². The monoisotopic (exact) mass is 337 g/mol.